The second kappa shape index (κ2) is 8.05. The number of anilines is 2. The molecule has 3 aliphatic heterocycles. The van der Waals surface area contributed by atoms with Crippen LogP contribution in [0.15, 0.2) is 54.7 Å². The topological polar surface area (TPSA) is 105 Å². The molecule has 3 aromatic rings. The van der Waals surface area contributed by atoms with Crippen LogP contribution in [0, 0.1) is 0 Å². The molecule has 35 heavy (non-hydrogen) atoms. The fourth-order valence-electron chi connectivity index (χ4n) is 4.30. The third-order valence-corrected chi connectivity index (χ3v) is 6.24. The van der Waals surface area contributed by atoms with E-state index in [1.165, 1.54) is 6.42 Å². The van der Waals surface area contributed by atoms with Gasteiger partial charge in [-0.15, -0.1) is 0 Å². The first-order chi connectivity index (χ1) is 16.8. The van der Waals surface area contributed by atoms with Gasteiger partial charge in [0.25, 0.3) is 5.91 Å². The van der Waals surface area contributed by atoms with Crippen LogP contribution in [0.2, 0.25) is 0 Å². The highest BCUT2D eigenvalue weighted by Crippen LogP contribution is 2.41. The number of hydrogen-bond acceptors (Lipinski definition) is 7. The molecule has 5 heterocycles. The summed E-state index contributed by atoms with van der Waals surface area (Å²) in [4.78, 5) is 26.6. The van der Waals surface area contributed by atoms with E-state index in [1.807, 2.05) is 24.4 Å². The molecule has 1 atom stereocenters. The molecule has 1 unspecified atom stereocenters. The zero-order valence-electron chi connectivity index (χ0n) is 18.4. The van der Waals surface area contributed by atoms with Gasteiger partial charge in [0.1, 0.15) is 6.17 Å². The Morgan fingerprint density at radius 1 is 1.06 bits per heavy atom. The number of amides is 1. The van der Waals surface area contributed by atoms with Crippen molar-refractivity contribution in [2.24, 2.45) is 0 Å². The zero-order valence-corrected chi connectivity index (χ0v) is 18.4. The van der Waals surface area contributed by atoms with E-state index < -0.39 is 17.9 Å². The van der Waals surface area contributed by atoms with Gasteiger partial charge in [0, 0.05) is 35.8 Å². The summed E-state index contributed by atoms with van der Waals surface area (Å²) in [7, 11) is 0. The number of hydrogen-bond donors (Lipinski definition) is 3. The SMILES string of the molecule is O=C(Nc1cnc(C(F)(F)F)nc1)C1=C2NC2Nc2ccc(-c3cncc(CN4CCC4)c3)cc21. The number of carbonyl (C=O) groups excluding carboxylic acids is 1. The van der Waals surface area contributed by atoms with Crippen molar-refractivity contribution < 1.29 is 18.0 Å². The molecule has 1 aromatic carbocycles. The molecule has 8 nitrogen and oxygen atoms in total. The number of carbonyl (C=O) groups is 1. The molecule has 178 valence electrons. The summed E-state index contributed by atoms with van der Waals surface area (Å²) in [5, 5.41) is 9.07. The number of aromatic nitrogens is 3. The molecule has 0 aliphatic carbocycles. The Kier molecular flexibility index (Phi) is 4.95. The van der Waals surface area contributed by atoms with E-state index in [1.54, 1.807) is 6.20 Å². The second-order valence-electron chi connectivity index (χ2n) is 8.73. The summed E-state index contributed by atoms with van der Waals surface area (Å²) in [5.41, 5.74) is 5.68. The average Bonchev–Trinajstić information content (AvgIpc) is 3.58. The van der Waals surface area contributed by atoms with E-state index in [2.05, 4.69) is 41.9 Å². The van der Waals surface area contributed by atoms with Gasteiger partial charge in [0.2, 0.25) is 5.82 Å². The molecule has 0 bridgehead atoms. The van der Waals surface area contributed by atoms with Crippen LogP contribution < -0.4 is 16.0 Å². The minimum Gasteiger partial charge on any atom is -0.360 e. The Morgan fingerprint density at radius 2 is 1.86 bits per heavy atom. The van der Waals surface area contributed by atoms with Crippen molar-refractivity contribution in [1.82, 2.24) is 25.2 Å². The first-order valence-electron chi connectivity index (χ1n) is 11.1. The van der Waals surface area contributed by atoms with E-state index >= 15 is 0 Å². The lowest BCUT2D eigenvalue weighted by atomic mass is 9.94. The Morgan fingerprint density at radius 3 is 2.57 bits per heavy atom. The maximum absolute atomic E-state index is 13.2. The Balaban J connectivity index is 1.28. The first kappa shape index (κ1) is 21.5. The summed E-state index contributed by atoms with van der Waals surface area (Å²) < 4.78 is 38.2. The van der Waals surface area contributed by atoms with Gasteiger partial charge in [-0.2, -0.15) is 13.2 Å². The summed E-state index contributed by atoms with van der Waals surface area (Å²) in [5.74, 6) is -1.72. The van der Waals surface area contributed by atoms with Crippen LogP contribution in [0.3, 0.4) is 0 Å². The predicted molar refractivity (Wildman–Crippen MR) is 123 cm³/mol. The number of benzene rings is 1. The third kappa shape index (κ3) is 4.18. The minimum atomic E-state index is -4.65. The summed E-state index contributed by atoms with van der Waals surface area (Å²) in [6, 6.07) is 7.92. The van der Waals surface area contributed by atoms with Gasteiger partial charge in [-0.05, 0) is 48.8 Å². The van der Waals surface area contributed by atoms with Crippen molar-refractivity contribution in [3.63, 3.8) is 0 Å². The Bertz CT molecular complexity index is 1350. The van der Waals surface area contributed by atoms with Crippen LogP contribution in [0.5, 0.6) is 0 Å². The molecule has 2 aromatic heterocycles. The molecule has 11 heteroatoms. The van der Waals surface area contributed by atoms with Gasteiger partial charge in [-0.25, -0.2) is 9.97 Å². The standard InChI is InChI=1S/C24H20F3N7O/c25-24(26,27)23-29-10-16(11-30-23)31-22(35)19-17-7-14(2-3-18(17)32-21-20(19)33-21)15-6-13(8-28-9-15)12-34-4-1-5-34/h2-3,6-11,21,32-33H,1,4-5,12H2,(H,31,35). The van der Waals surface area contributed by atoms with E-state index in [9.17, 15) is 18.0 Å². The van der Waals surface area contributed by atoms with Crippen LogP contribution >= 0.6 is 0 Å². The van der Waals surface area contributed by atoms with Crippen LogP contribution in [0.4, 0.5) is 24.5 Å². The first-order valence-corrected chi connectivity index (χ1v) is 11.1. The van der Waals surface area contributed by atoms with Gasteiger partial charge in [-0.3, -0.25) is 14.7 Å². The molecule has 6 rings (SSSR count). The second-order valence-corrected chi connectivity index (χ2v) is 8.73. The number of nitrogens with one attached hydrogen (secondary N) is 3. The molecule has 0 radical (unpaired) electrons. The lowest BCUT2D eigenvalue weighted by molar-refractivity contribution is -0.144. The number of likely N-dealkylation sites (tertiary alicyclic amines) is 1. The highest BCUT2D eigenvalue weighted by Gasteiger charge is 2.40. The number of rotatable bonds is 5. The Labute approximate surface area is 198 Å². The molecule has 1 amide bonds. The van der Waals surface area contributed by atoms with Gasteiger partial charge >= 0.3 is 6.18 Å². The molecular weight excluding hydrogens is 459 g/mol. The van der Waals surface area contributed by atoms with Gasteiger partial charge in [0.05, 0.1) is 29.4 Å². The number of halogens is 3. The highest BCUT2D eigenvalue weighted by atomic mass is 19.4. The highest BCUT2D eigenvalue weighted by molar-refractivity contribution is 6.28. The van der Waals surface area contributed by atoms with Crippen molar-refractivity contribution in [2.75, 3.05) is 23.7 Å². The van der Waals surface area contributed by atoms with Gasteiger partial charge in [-0.1, -0.05) is 6.07 Å². The number of nitrogens with zero attached hydrogens (tertiary/aromatic N) is 4. The quantitative estimate of drug-likeness (QED) is 0.482. The molecule has 2 fully saturated rings. The monoisotopic (exact) mass is 479 g/mol. The molecule has 0 saturated carbocycles. The number of alkyl halides is 3. The van der Waals surface area contributed by atoms with Crippen LogP contribution in [0.25, 0.3) is 16.7 Å². The number of pyridine rings is 1. The van der Waals surface area contributed by atoms with Crippen LogP contribution in [-0.4, -0.2) is 45.0 Å². The smallest absolute Gasteiger partial charge is 0.360 e. The van der Waals surface area contributed by atoms with Crippen molar-refractivity contribution in [2.45, 2.75) is 25.3 Å². The molecule has 0 spiro atoms. The zero-order chi connectivity index (χ0) is 24.2. The molecular formula is C24H20F3N7O. The third-order valence-electron chi connectivity index (χ3n) is 6.24. The van der Waals surface area contributed by atoms with Gasteiger partial charge < -0.3 is 16.0 Å². The van der Waals surface area contributed by atoms with E-state index in [-0.39, 0.29) is 11.9 Å². The fourth-order valence-corrected chi connectivity index (χ4v) is 4.30. The maximum atomic E-state index is 13.2. The normalized spacial score (nSPS) is 18.5. The van der Waals surface area contributed by atoms with Crippen LogP contribution in [0.1, 0.15) is 23.4 Å². The van der Waals surface area contributed by atoms with Crippen molar-refractivity contribution >= 4 is 22.9 Å². The van der Waals surface area contributed by atoms with Crippen molar-refractivity contribution in [1.29, 1.82) is 0 Å². The largest absolute Gasteiger partial charge is 0.451 e. The van der Waals surface area contributed by atoms with E-state index in [0.29, 0.717) is 11.1 Å². The van der Waals surface area contributed by atoms with E-state index in [4.69, 9.17) is 0 Å². The van der Waals surface area contributed by atoms with Gasteiger partial charge in [0.15, 0.2) is 0 Å². The predicted octanol–water partition coefficient (Wildman–Crippen LogP) is 3.47. The van der Waals surface area contributed by atoms with Crippen molar-refractivity contribution in [3.05, 3.63) is 71.7 Å². The molecule has 3 N–H and O–H groups in total. The lowest BCUT2D eigenvalue weighted by Crippen LogP contribution is -2.36. The average molecular weight is 479 g/mol. The lowest BCUT2D eigenvalue weighted by Gasteiger charge is -2.30. The molecule has 2 saturated heterocycles. The summed E-state index contributed by atoms with van der Waals surface area (Å²) in [6.45, 7) is 3.05. The van der Waals surface area contributed by atoms with Crippen LogP contribution in [-0.2, 0) is 17.5 Å². The maximum Gasteiger partial charge on any atom is 0.451 e. The van der Waals surface area contributed by atoms with E-state index in [0.717, 1.165) is 60.1 Å². The summed E-state index contributed by atoms with van der Waals surface area (Å²) in [6.07, 6.45) is 1.98. The fraction of sp³-hybridized carbons (Fsp3) is 0.250. The minimum absolute atomic E-state index is 0.0763. The Hall–Kier alpha value is -3.99. The number of fused-ring (bicyclic) bond motifs is 2. The molecule has 3 aliphatic rings. The summed E-state index contributed by atoms with van der Waals surface area (Å²) >= 11 is 0. The van der Waals surface area contributed by atoms with Crippen molar-refractivity contribution in [3.8, 4) is 11.1 Å².